The highest BCUT2D eigenvalue weighted by Crippen LogP contribution is 2.20. The van der Waals surface area contributed by atoms with Gasteiger partial charge in [-0.15, -0.1) is 0 Å². The van der Waals surface area contributed by atoms with Crippen LogP contribution in [0.15, 0.2) is 24.4 Å². The van der Waals surface area contributed by atoms with E-state index in [2.05, 4.69) is 10.3 Å². The quantitative estimate of drug-likeness (QED) is 0.785. The molecule has 2 rings (SSSR count). The van der Waals surface area contributed by atoms with Crippen molar-refractivity contribution in [2.45, 2.75) is 6.42 Å². The van der Waals surface area contributed by atoms with Crippen LogP contribution in [0.1, 0.15) is 12.0 Å². The SMILES string of the molecule is O=C(O)/C=C/c1ccnc(NC(=O)C2CCS(=O)(=O)C2)c1. The lowest BCUT2D eigenvalue weighted by Crippen LogP contribution is -2.24. The molecule has 8 heteroatoms. The van der Waals surface area contributed by atoms with Crippen LogP contribution in [-0.2, 0) is 19.4 Å². The normalized spacial score (nSPS) is 20.5. The number of pyridine rings is 1. The summed E-state index contributed by atoms with van der Waals surface area (Å²) < 4.78 is 22.7. The van der Waals surface area contributed by atoms with Crippen molar-refractivity contribution in [3.05, 3.63) is 30.0 Å². The molecule has 0 saturated carbocycles. The van der Waals surface area contributed by atoms with Gasteiger partial charge in [-0.3, -0.25) is 4.79 Å². The lowest BCUT2D eigenvalue weighted by Gasteiger charge is -2.09. The van der Waals surface area contributed by atoms with E-state index in [1.807, 2.05) is 0 Å². The van der Waals surface area contributed by atoms with Gasteiger partial charge in [0.1, 0.15) is 5.82 Å². The van der Waals surface area contributed by atoms with E-state index in [-0.39, 0.29) is 23.2 Å². The van der Waals surface area contributed by atoms with Gasteiger partial charge in [-0.25, -0.2) is 18.2 Å². The summed E-state index contributed by atoms with van der Waals surface area (Å²) in [5.74, 6) is -1.87. The smallest absolute Gasteiger partial charge is 0.328 e. The predicted octanol–water partition coefficient (Wildman–Crippen LogP) is 0.553. The van der Waals surface area contributed by atoms with Crippen LogP contribution in [0, 0.1) is 5.92 Å². The van der Waals surface area contributed by atoms with Gasteiger partial charge in [-0.05, 0) is 30.2 Å². The first kappa shape index (κ1) is 15.2. The van der Waals surface area contributed by atoms with Gasteiger partial charge in [0.15, 0.2) is 9.84 Å². The minimum Gasteiger partial charge on any atom is -0.478 e. The zero-order valence-electron chi connectivity index (χ0n) is 11.0. The summed E-state index contributed by atoms with van der Waals surface area (Å²) in [6, 6.07) is 3.11. The van der Waals surface area contributed by atoms with E-state index in [0.29, 0.717) is 12.0 Å². The lowest BCUT2D eigenvalue weighted by atomic mass is 10.1. The summed E-state index contributed by atoms with van der Waals surface area (Å²) in [5.41, 5.74) is 0.571. The van der Waals surface area contributed by atoms with Crippen molar-refractivity contribution in [1.29, 1.82) is 0 Å². The highest BCUT2D eigenvalue weighted by Gasteiger charge is 2.33. The Balaban J connectivity index is 2.04. The topological polar surface area (TPSA) is 113 Å². The third kappa shape index (κ3) is 4.38. The van der Waals surface area contributed by atoms with Crippen molar-refractivity contribution in [3.8, 4) is 0 Å². The fourth-order valence-corrected chi connectivity index (χ4v) is 3.76. The van der Waals surface area contributed by atoms with E-state index in [1.54, 1.807) is 6.07 Å². The number of nitrogens with one attached hydrogen (secondary N) is 1. The van der Waals surface area contributed by atoms with Crippen molar-refractivity contribution in [1.82, 2.24) is 4.98 Å². The van der Waals surface area contributed by atoms with Crippen LogP contribution < -0.4 is 5.32 Å². The number of amides is 1. The predicted molar refractivity (Wildman–Crippen MR) is 76.3 cm³/mol. The summed E-state index contributed by atoms with van der Waals surface area (Å²) >= 11 is 0. The van der Waals surface area contributed by atoms with Crippen molar-refractivity contribution >= 4 is 33.6 Å². The highest BCUT2D eigenvalue weighted by molar-refractivity contribution is 7.91. The van der Waals surface area contributed by atoms with Crippen LogP contribution in [0.25, 0.3) is 6.08 Å². The van der Waals surface area contributed by atoms with E-state index in [1.165, 1.54) is 18.3 Å². The van der Waals surface area contributed by atoms with Gasteiger partial charge in [-0.1, -0.05) is 0 Å². The molecule has 1 saturated heterocycles. The maximum atomic E-state index is 12.0. The molecule has 0 radical (unpaired) electrons. The Bertz CT molecular complexity index is 696. The molecule has 1 unspecified atom stereocenters. The molecular weight excluding hydrogens is 296 g/mol. The second kappa shape index (κ2) is 6.04. The first-order chi connectivity index (χ1) is 9.85. The lowest BCUT2D eigenvalue weighted by molar-refractivity contribution is -0.131. The number of hydrogen-bond acceptors (Lipinski definition) is 5. The van der Waals surface area contributed by atoms with Crippen LogP contribution in [-0.4, -0.2) is 41.9 Å². The van der Waals surface area contributed by atoms with Crippen molar-refractivity contribution < 1.29 is 23.1 Å². The number of carbonyl (C=O) groups excluding carboxylic acids is 1. The number of carbonyl (C=O) groups is 2. The second-order valence-corrected chi connectivity index (χ2v) is 6.96. The first-order valence-electron chi connectivity index (χ1n) is 6.24. The van der Waals surface area contributed by atoms with E-state index in [4.69, 9.17) is 5.11 Å². The van der Waals surface area contributed by atoms with Gasteiger partial charge in [0.2, 0.25) is 5.91 Å². The molecular formula is C13H14N2O5S. The van der Waals surface area contributed by atoms with Crippen LogP contribution in [0.5, 0.6) is 0 Å². The number of aromatic nitrogens is 1. The van der Waals surface area contributed by atoms with Crippen LogP contribution in [0.4, 0.5) is 5.82 Å². The Morgan fingerprint density at radius 1 is 1.43 bits per heavy atom. The Hall–Kier alpha value is -2.22. The zero-order chi connectivity index (χ0) is 15.5. The molecule has 112 valence electrons. The molecule has 0 bridgehead atoms. The minimum absolute atomic E-state index is 0.0277. The van der Waals surface area contributed by atoms with Gasteiger partial charge in [0.05, 0.1) is 17.4 Å². The van der Waals surface area contributed by atoms with E-state index >= 15 is 0 Å². The van der Waals surface area contributed by atoms with Gasteiger partial charge >= 0.3 is 5.97 Å². The minimum atomic E-state index is -3.12. The van der Waals surface area contributed by atoms with Gasteiger partial charge in [-0.2, -0.15) is 0 Å². The van der Waals surface area contributed by atoms with Gasteiger partial charge in [0.25, 0.3) is 0 Å². The fraction of sp³-hybridized carbons (Fsp3) is 0.308. The third-order valence-corrected chi connectivity index (χ3v) is 4.82. The summed E-state index contributed by atoms with van der Waals surface area (Å²) in [6.07, 6.45) is 4.10. The number of aliphatic carboxylic acids is 1. The summed E-state index contributed by atoms with van der Waals surface area (Å²) in [5, 5.41) is 11.1. The molecule has 0 aliphatic carbocycles. The van der Waals surface area contributed by atoms with Crippen LogP contribution >= 0.6 is 0 Å². The zero-order valence-corrected chi connectivity index (χ0v) is 11.8. The van der Waals surface area contributed by atoms with Gasteiger partial charge < -0.3 is 10.4 Å². The maximum absolute atomic E-state index is 12.0. The largest absolute Gasteiger partial charge is 0.478 e. The van der Waals surface area contributed by atoms with E-state index in [9.17, 15) is 18.0 Å². The Kier molecular flexibility index (Phi) is 4.37. The maximum Gasteiger partial charge on any atom is 0.328 e. The average Bonchev–Trinajstić information content (AvgIpc) is 2.77. The number of nitrogens with zero attached hydrogens (tertiary/aromatic N) is 1. The molecule has 2 heterocycles. The van der Waals surface area contributed by atoms with E-state index < -0.39 is 21.7 Å². The Morgan fingerprint density at radius 2 is 2.19 bits per heavy atom. The summed E-state index contributed by atoms with van der Waals surface area (Å²) in [7, 11) is -3.12. The number of anilines is 1. The molecule has 7 nitrogen and oxygen atoms in total. The molecule has 1 amide bonds. The molecule has 1 aliphatic rings. The van der Waals surface area contributed by atoms with Crippen LogP contribution in [0.2, 0.25) is 0 Å². The first-order valence-corrected chi connectivity index (χ1v) is 8.06. The summed E-state index contributed by atoms with van der Waals surface area (Å²) in [4.78, 5) is 26.3. The number of carboxylic acid groups (broad SMARTS) is 1. The standard InChI is InChI=1S/C13H14N2O5S/c16-12(17)2-1-9-3-5-14-11(7-9)15-13(18)10-4-6-21(19,20)8-10/h1-3,5,7,10H,4,6,8H2,(H,16,17)(H,14,15,18)/b2-1+. The molecule has 2 N–H and O–H groups in total. The summed E-state index contributed by atoms with van der Waals surface area (Å²) in [6.45, 7) is 0. The average molecular weight is 310 g/mol. The monoisotopic (exact) mass is 310 g/mol. The van der Waals surface area contributed by atoms with Crippen molar-refractivity contribution in [2.75, 3.05) is 16.8 Å². The molecule has 0 spiro atoms. The Morgan fingerprint density at radius 3 is 2.81 bits per heavy atom. The molecule has 21 heavy (non-hydrogen) atoms. The van der Waals surface area contributed by atoms with E-state index in [0.717, 1.165) is 6.08 Å². The molecule has 0 aromatic carbocycles. The third-order valence-electron chi connectivity index (χ3n) is 3.06. The fourth-order valence-electron chi connectivity index (χ4n) is 2.02. The highest BCUT2D eigenvalue weighted by atomic mass is 32.2. The van der Waals surface area contributed by atoms with Gasteiger partial charge in [0, 0.05) is 12.3 Å². The van der Waals surface area contributed by atoms with Crippen LogP contribution in [0.3, 0.4) is 0 Å². The number of hydrogen-bond donors (Lipinski definition) is 2. The number of sulfone groups is 1. The molecule has 1 fully saturated rings. The molecule has 1 aliphatic heterocycles. The number of carboxylic acids is 1. The Labute approximate surface area is 121 Å². The molecule has 1 aromatic heterocycles. The van der Waals surface area contributed by atoms with Crippen molar-refractivity contribution in [2.24, 2.45) is 5.92 Å². The second-order valence-electron chi connectivity index (χ2n) is 4.74. The molecule has 1 atom stereocenters. The number of rotatable bonds is 4. The van der Waals surface area contributed by atoms with Crippen molar-refractivity contribution in [3.63, 3.8) is 0 Å². The molecule has 1 aromatic rings.